The number of primary amides is 4. The van der Waals surface area contributed by atoms with Crippen molar-refractivity contribution in [2.45, 2.75) is 19.3 Å². The molecule has 2 aromatic carbocycles. The average Bonchev–Trinajstić information content (AvgIpc) is 2.76. The second kappa shape index (κ2) is 9.31. The standard InChI is InChI=1S/C24H22N4O5/c25-21(30)16-6-4-12(18(10-16)23(27)32)8-14-2-1-3-15(20(14)29)9-13-5-7-17(22(26)31)11-19(13)24(28)33/h4-11H,1-3H2,(H2,25,30)(H2,26,31)(H2,27,32)(H2,28,33)/b14-8-,15-9+. The predicted octanol–water partition coefficient (Wildman–Crippen LogP) is 1.30. The van der Waals surface area contributed by atoms with Crippen LogP contribution in [0, 0.1) is 0 Å². The number of nitrogens with two attached hydrogens (primary N) is 4. The van der Waals surface area contributed by atoms with Gasteiger partial charge in [-0.3, -0.25) is 24.0 Å². The van der Waals surface area contributed by atoms with Crippen LogP contribution in [0.3, 0.4) is 0 Å². The Kier molecular flexibility index (Phi) is 6.53. The van der Waals surface area contributed by atoms with Crippen molar-refractivity contribution in [3.63, 3.8) is 0 Å². The van der Waals surface area contributed by atoms with Crippen LogP contribution in [0.2, 0.25) is 0 Å². The maximum atomic E-state index is 13.1. The zero-order valence-corrected chi connectivity index (χ0v) is 17.6. The topological polar surface area (TPSA) is 189 Å². The van der Waals surface area contributed by atoms with Gasteiger partial charge in [-0.2, -0.15) is 0 Å². The van der Waals surface area contributed by atoms with Crippen LogP contribution < -0.4 is 22.9 Å². The molecule has 0 spiro atoms. The van der Waals surface area contributed by atoms with E-state index in [1.807, 2.05) is 0 Å². The summed E-state index contributed by atoms with van der Waals surface area (Å²) < 4.78 is 0. The van der Waals surface area contributed by atoms with Crippen LogP contribution in [0.25, 0.3) is 12.2 Å². The van der Waals surface area contributed by atoms with Crippen LogP contribution >= 0.6 is 0 Å². The summed E-state index contributed by atoms with van der Waals surface area (Å²) in [5.74, 6) is -3.19. The first kappa shape index (κ1) is 23.1. The number of amides is 4. The molecule has 8 N–H and O–H groups in total. The maximum Gasteiger partial charge on any atom is 0.249 e. The normalized spacial score (nSPS) is 16.1. The van der Waals surface area contributed by atoms with Crippen molar-refractivity contribution in [2.24, 2.45) is 22.9 Å². The molecule has 0 atom stereocenters. The Labute approximate surface area is 189 Å². The fourth-order valence-corrected chi connectivity index (χ4v) is 3.65. The third kappa shape index (κ3) is 5.04. The van der Waals surface area contributed by atoms with Gasteiger partial charge in [0.25, 0.3) is 0 Å². The molecule has 1 fully saturated rings. The van der Waals surface area contributed by atoms with Crippen molar-refractivity contribution in [1.82, 2.24) is 0 Å². The summed E-state index contributed by atoms with van der Waals surface area (Å²) in [6.07, 6.45) is 4.71. The number of hydrogen-bond acceptors (Lipinski definition) is 5. The van der Waals surface area contributed by atoms with Crippen LogP contribution in [0.5, 0.6) is 0 Å². The van der Waals surface area contributed by atoms with Crippen LogP contribution in [-0.4, -0.2) is 29.4 Å². The van der Waals surface area contributed by atoms with Crippen LogP contribution in [-0.2, 0) is 4.79 Å². The number of ketones is 1. The van der Waals surface area contributed by atoms with Gasteiger partial charge in [-0.05, 0) is 66.8 Å². The zero-order chi connectivity index (χ0) is 24.3. The van der Waals surface area contributed by atoms with E-state index < -0.39 is 23.6 Å². The highest BCUT2D eigenvalue weighted by Gasteiger charge is 2.22. The molecular weight excluding hydrogens is 424 g/mol. The fourth-order valence-electron chi connectivity index (χ4n) is 3.65. The number of carbonyl (C=O) groups excluding carboxylic acids is 5. The smallest absolute Gasteiger partial charge is 0.249 e. The molecule has 0 aromatic heterocycles. The van der Waals surface area contributed by atoms with Crippen molar-refractivity contribution >= 4 is 41.6 Å². The van der Waals surface area contributed by atoms with Crippen LogP contribution in [0.1, 0.15) is 71.8 Å². The highest BCUT2D eigenvalue weighted by molar-refractivity contribution is 6.15. The predicted molar refractivity (Wildman–Crippen MR) is 122 cm³/mol. The van der Waals surface area contributed by atoms with E-state index in [1.165, 1.54) is 36.4 Å². The molecule has 0 aliphatic heterocycles. The zero-order valence-electron chi connectivity index (χ0n) is 17.6. The van der Waals surface area contributed by atoms with Crippen molar-refractivity contribution in [1.29, 1.82) is 0 Å². The van der Waals surface area contributed by atoms with E-state index in [0.717, 1.165) is 0 Å². The van der Waals surface area contributed by atoms with E-state index in [9.17, 15) is 24.0 Å². The van der Waals surface area contributed by atoms with Gasteiger partial charge in [-0.25, -0.2) is 0 Å². The SMILES string of the molecule is NC(=O)c1ccc(/C=C2/CCC/C(=C\c3ccc(C(N)=O)cc3C(N)=O)C2=O)c(C(N)=O)c1. The van der Waals surface area contributed by atoms with E-state index in [1.54, 1.807) is 12.2 Å². The summed E-state index contributed by atoms with van der Waals surface area (Å²) in [5, 5.41) is 0. The number of benzene rings is 2. The summed E-state index contributed by atoms with van der Waals surface area (Å²) >= 11 is 0. The molecule has 1 aliphatic carbocycles. The summed E-state index contributed by atoms with van der Waals surface area (Å²) in [6.45, 7) is 0. The first-order valence-corrected chi connectivity index (χ1v) is 10.0. The largest absolute Gasteiger partial charge is 0.366 e. The third-order valence-corrected chi connectivity index (χ3v) is 5.34. The van der Waals surface area contributed by atoms with Gasteiger partial charge in [0.1, 0.15) is 0 Å². The Morgan fingerprint density at radius 2 is 1.03 bits per heavy atom. The van der Waals surface area contributed by atoms with E-state index in [2.05, 4.69) is 0 Å². The van der Waals surface area contributed by atoms with Gasteiger partial charge in [0, 0.05) is 33.4 Å². The molecule has 1 aliphatic rings. The van der Waals surface area contributed by atoms with Gasteiger partial charge in [0.15, 0.2) is 5.78 Å². The van der Waals surface area contributed by atoms with E-state index >= 15 is 0 Å². The van der Waals surface area contributed by atoms with Gasteiger partial charge >= 0.3 is 0 Å². The van der Waals surface area contributed by atoms with Gasteiger partial charge < -0.3 is 22.9 Å². The third-order valence-electron chi connectivity index (χ3n) is 5.34. The van der Waals surface area contributed by atoms with Crippen molar-refractivity contribution < 1.29 is 24.0 Å². The summed E-state index contributed by atoms with van der Waals surface area (Å²) in [5.41, 5.74) is 23.5. The minimum Gasteiger partial charge on any atom is -0.366 e. The Morgan fingerprint density at radius 3 is 1.36 bits per heavy atom. The van der Waals surface area contributed by atoms with Crippen LogP contribution in [0.15, 0.2) is 47.5 Å². The molecule has 1 saturated carbocycles. The molecule has 9 heteroatoms. The van der Waals surface area contributed by atoms with Crippen LogP contribution in [0.4, 0.5) is 0 Å². The molecule has 0 heterocycles. The second-order valence-electron chi connectivity index (χ2n) is 7.58. The number of carbonyl (C=O) groups is 5. The van der Waals surface area contributed by atoms with Gasteiger partial charge in [-0.15, -0.1) is 0 Å². The Hall–Kier alpha value is -4.53. The van der Waals surface area contributed by atoms with E-state index in [4.69, 9.17) is 22.9 Å². The number of rotatable bonds is 6. The van der Waals surface area contributed by atoms with Crippen molar-refractivity contribution in [2.75, 3.05) is 0 Å². The highest BCUT2D eigenvalue weighted by atomic mass is 16.2. The molecule has 168 valence electrons. The lowest BCUT2D eigenvalue weighted by atomic mass is 9.85. The first-order chi connectivity index (χ1) is 15.6. The molecule has 0 radical (unpaired) electrons. The molecule has 9 nitrogen and oxygen atoms in total. The molecule has 4 amide bonds. The lowest BCUT2D eigenvalue weighted by Crippen LogP contribution is -2.18. The lowest BCUT2D eigenvalue weighted by Gasteiger charge is -2.17. The molecule has 0 bridgehead atoms. The Balaban J connectivity index is 2.02. The maximum absolute atomic E-state index is 13.1. The fraction of sp³-hybridized carbons (Fsp3) is 0.125. The molecule has 2 aromatic rings. The first-order valence-electron chi connectivity index (χ1n) is 10.0. The number of Topliss-reactive ketones (excluding diaryl/α,β-unsaturated/α-hetero) is 1. The molecule has 33 heavy (non-hydrogen) atoms. The molecule has 0 saturated heterocycles. The van der Waals surface area contributed by atoms with Crippen molar-refractivity contribution in [3.05, 3.63) is 80.9 Å². The van der Waals surface area contributed by atoms with Gasteiger partial charge in [0.2, 0.25) is 23.6 Å². The average molecular weight is 446 g/mol. The number of hydrogen-bond donors (Lipinski definition) is 4. The quantitative estimate of drug-likeness (QED) is 0.485. The molecular formula is C24H22N4O5. The lowest BCUT2D eigenvalue weighted by molar-refractivity contribution is -0.112. The summed E-state index contributed by atoms with van der Waals surface area (Å²) in [6, 6.07) is 8.49. The molecule has 3 rings (SSSR count). The Morgan fingerprint density at radius 1 is 0.636 bits per heavy atom. The van der Waals surface area contributed by atoms with E-state index in [-0.39, 0.29) is 28.0 Å². The number of allylic oxidation sites excluding steroid dienone is 2. The summed E-state index contributed by atoms with van der Waals surface area (Å²) in [4.78, 5) is 59.7. The highest BCUT2D eigenvalue weighted by Crippen LogP contribution is 2.29. The minimum atomic E-state index is -0.760. The minimum absolute atomic E-state index is 0.0701. The van der Waals surface area contributed by atoms with Gasteiger partial charge in [-0.1, -0.05) is 12.1 Å². The molecule has 0 unspecified atom stereocenters. The second-order valence-corrected chi connectivity index (χ2v) is 7.58. The van der Waals surface area contributed by atoms with E-state index in [0.29, 0.717) is 41.5 Å². The Bertz CT molecular complexity index is 1180. The van der Waals surface area contributed by atoms with Crippen molar-refractivity contribution in [3.8, 4) is 0 Å². The monoisotopic (exact) mass is 446 g/mol. The van der Waals surface area contributed by atoms with Gasteiger partial charge in [0.05, 0.1) is 0 Å². The summed E-state index contributed by atoms with van der Waals surface area (Å²) in [7, 11) is 0.